The first-order valence-electron chi connectivity index (χ1n) is 12.7. The molecule has 0 aromatic heterocycles. The highest BCUT2D eigenvalue weighted by Crippen LogP contribution is 2.39. The molecule has 0 fully saturated rings. The zero-order valence-electron chi connectivity index (χ0n) is 21.7. The van der Waals surface area contributed by atoms with E-state index >= 15 is 0 Å². The summed E-state index contributed by atoms with van der Waals surface area (Å²) in [6.45, 7) is 8.46. The van der Waals surface area contributed by atoms with Crippen LogP contribution in [-0.4, -0.2) is 6.03 Å². The Morgan fingerprint density at radius 3 is 2.39 bits per heavy atom. The number of amides is 2. The molecule has 0 saturated heterocycles. The van der Waals surface area contributed by atoms with Gasteiger partial charge < -0.3 is 11.1 Å². The molecule has 192 valence electrons. The molecule has 0 bridgehead atoms. The van der Waals surface area contributed by atoms with Gasteiger partial charge in [0.05, 0.1) is 11.7 Å². The van der Waals surface area contributed by atoms with Crippen LogP contribution in [0.2, 0.25) is 5.02 Å². The number of urea groups is 1. The van der Waals surface area contributed by atoms with Gasteiger partial charge in [-0.25, -0.2) is 4.79 Å². The first kappa shape index (κ1) is 27.9. The Kier molecular flexibility index (Phi) is 9.37. The second kappa shape index (κ2) is 12.1. The van der Waals surface area contributed by atoms with E-state index in [0.29, 0.717) is 29.5 Å². The highest BCUT2D eigenvalue weighted by molar-refractivity contribution is 7.59. The number of nitrogen functional groups attached to an aromatic ring is 1. The number of carbonyl (C=O) groups is 1. The fourth-order valence-corrected chi connectivity index (χ4v) is 5.60. The minimum atomic E-state index is -0.157. The first-order chi connectivity index (χ1) is 16.8. The molecule has 6 heteroatoms. The molecule has 3 aromatic rings. The van der Waals surface area contributed by atoms with Crippen molar-refractivity contribution in [1.29, 1.82) is 0 Å². The highest BCUT2D eigenvalue weighted by Gasteiger charge is 2.31. The van der Waals surface area contributed by atoms with Gasteiger partial charge in [-0.3, -0.25) is 4.90 Å². The molecule has 0 heterocycles. The average Bonchev–Trinajstić information content (AvgIpc) is 2.85. The second-order valence-corrected chi connectivity index (χ2v) is 10.0. The van der Waals surface area contributed by atoms with Crippen LogP contribution in [0, 0.1) is 0 Å². The van der Waals surface area contributed by atoms with Crippen molar-refractivity contribution < 1.29 is 4.79 Å². The van der Waals surface area contributed by atoms with Gasteiger partial charge in [0.25, 0.3) is 0 Å². The predicted molar refractivity (Wildman–Crippen MR) is 159 cm³/mol. The van der Waals surface area contributed by atoms with Crippen molar-refractivity contribution in [2.45, 2.75) is 71.8 Å². The molecule has 1 aliphatic carbocycles. The number of carbonyl (C=O) groups excluding carboxylic acids is 1. The second-order valence-electron chi connectivity index (χ2n) is 9.64. The summed E-state index contributed by atoms with van der Waals surface area (Å²) in [6.07, 6.45) is 4.41. The lowest BCUT2D eigenvalue weighted by molar-refractivity contribution is 0.254. The number of fused-ring (bicyclic) bond motifs is 1. The number of benzene rings is 3. The molecule has 0 unspecified atom stereocenters. The van der Waals surface area contributed by atoms with E-state index in [2.05, 4.69) is 74.6 Å². The highest BCUT2D eigenvalue weighted by atomic mass is 35.5. The van der Waals surface area contributed by atoms with Crippen LogP contribution >= 0.6 is 25.1 Å². The molecule has 3 aromatic carbocycles. The third-order valence-corrected chi connectivity index (χ3v) is 7.50. The standard InChI is InChI=1S/C30H36ClN3O.H2S/c1-5-23-26(31)18-27(32)24(6-2)29(23)33-30(35)34(22-16-14-20(15-17-22)19(3)4)28-13-9-11-21-10-7-8-12-25(21)28;/h7-8,10,12,14-19,28H,5-6,9,11,13,32H2,1-4H3,(H,33,35);1H2/t28-;/m0./s1. The zero-order chi connectivity index (χ0) is 25.1. The smallest absolute Gasteiger partial charge is 0.326 e. The third-order valence-electron chi connectivity index (χ3n) is 7.17. The summed E-state index contributed by atoms with van der Waals surface area (Å²) in [7, 11) is 0. The Morgan fingerprint density at radius 1 is 1.08 bits per heavy atom. The Bertz CT molecular complexity index is 1180. The maximum atomic E-state index is 14.1. The maximum Gasteiger partial charge on any atom is 0.326 e. The average molecular weight is 524 g/mol. The minimum absolute atomic E-state index is 0. The summed E-state index contributed by atoms with van der Waals surface area (Å²) >= 11 is 6.56. The number of rotatable bonds is 6. The number of hydrogen-bond acceptors (Lipinski definition) is 2. The van der Waals surface area contributed by atoms with Crippen LogP contribution in [0.4, 0.5) is 21.9 Å². The molecule has 3 N–H and O–H groups in total. The predicted octanol–water partition coefficient (Wildman–Crippen LogP) is 8.40. The molecular weight excluding hydrogens is 486 g/mol. The lowest BCUT2D eigenvalue weighted by atomic mass is 9.86. The molecule has 1 aliphatic rings. The van der Waals surface area contributed by atoms with Crippen molar-refractivity contribution in [3.05, 3.63) is 87.4 Å². The lowest BCUT2D eigenvalue weighted by Gasteiger charge is -2.36. The van der Waals surface area contributed by atoms with E-state index in [-0.39, 0.29) is 25.6 Å². The molecule has 0 aliphatic heterocycles. The fraction of sp³-hybridized carbons (Fsp3) is 0.367. The van der Waals surface area contributed by atoms with Crippen LogP contribution in [0.15, 0.2) is 54.6 Å². The summed E-state index contributed by atoms with van der Waals surface area (Å²) in [4.78, 5) is 16.1. The number of halogens is 1. The van der Waals surface area contributed by atoms with Crippen LogP contribution in [0.25, 0.3) is 0 Å². The monoisotopic (exact) mass is 523 g/mol. The van der Waals surface area contributed by atoms with E-state index in [1.165, 1.54) is 16.7 Å². The maximum absolute atomic E-state index is 14.1. The summed E-state index contributed by atoms with van der Waals surface area (Å²) < 4.78 is 0. The van der Waals surface area contributed by atoms with Gasteiger partial charge in [0.15, 0.2) is 0 Å². The first-order valence-corrected chi connectivity index (χ1v) is 13.1. The van der Waals surface area contributed by atoms with Gasteiger partial charge in [0.1, 0.15) is 0 Å². The Balaban J connectivity index is 0.00000361. The fourth-order valence-electron chi connectivity index (χ4n) is 5.26. The molecule has 0 radical (unpaired) electrons. The van der Waals surface area contributed by atoms with E-state index in [0.717, 1.165) is 41.8 Å². The van der Waals surface area contributed by atoms with Gasteiger partial charge in [0.2, 0.25) is 0 Å². The number of anilines is 3. The molecule has 0 spiro atoms. The van der Waals surface area contributed by atoms with Crippen molar-refractivity contribution in [1.82, 2.24) is 0 Å². The largest absolute Gasteiger partial charge is 0.398 e. The van der Waals surface area contributed by atoms with Gasteiger partial charge in [-0.2, -0.15) is 13.5 Å². The van der Waals surface area contributed by atoms with Gasteiger partial charge in [-0.1, -0.05) is 75.7 Å². The Labute approximate surface area is 227 Å². The molecule has 0 saturated carbocycles. The third kappa shape index (κ3) is 5.52. The van der Waals surface area contributed by atoms with Crippen molar-refractivity contribution in [2.75, 3.05) is 16.0 Å². The van der Waals surface area contributed by atoms with Gasteiger partial charge in [-0.15, -0.1) is 0 Å². The van der Waals surface area contributed by atoms with Crippen molar-refractivity contribution in [3.8, 4) is 0 Å². The number of aryl methyl sites for hydroxylation is 1. The quantitative estimate of drug-likeness (QED) is 0.318. The van der Waals surface area contributed by atoms with Crippen molar-refractivity contribution in [2.24, 2.45) is 0 Å². The van der Waals surface area contributed by atoms with Crippen molar-refractivity contribution in [3.63, 3.8) is 0 Å². The molecule has 4 rings (SSSR count). The van der Waals surface area contributed by atoms with Crippen LogP contribution < -0.4 is 16.0 Å². The minimum Gasteiger partial charge on any atom is -0.398 e. The summed E-state index contributed by atoms with van der Waals surface area (Å²) in [5.74, 6) is 0.426. The number of nitrogens with two attached hydrogens (primary N) is 1. The molecule has 4 nitrogen and oxygen atoms in total. The SMILES string of the molecule is CCc1c(N)cc(Cl)c(CC)c1NC(=O)N(c1ccc(C(C)C)cc1)[C@H]1CCCc2ccccc21.S. The van der Waals surface area contributed by atoms with Crippen molar-refractivity contribution >= 4 is 48.2 Å². The number of hydrogen-bond donors (Lipinski definition) is 2. The van der Waals surface area contributed by atoms with E-state index in [4.69, 9.17) is 17.3 Å². The summed E-state index contributed by atoms with van der Waals surface area (Å²) in [6, 6.07) is 18.5. The van der Waals surface area contributed by atoms with E-state index in [1.54, 1.807) is 6.07 Å². The topological polar surface area (TPSA) is 58.4 Å². The van der Waals surface area contributed by atoms with Crippen LogP contribution in [0.1, 0.15) is 80.3 Å². The summed E-state index contributed by atoms with van der Waals surface area (Å²) in [5.41, 5.74) is 14.2. The summed E-state index contributed by atoms with van der Waals surface area (Å²) in [5, 5.41) is 3.84. The Hall–Kier alpha value is -2.63. The van der Waals surface area contributed by atoms with E-state index < -0.39 is 0 Å². The van der Waals surface area contributed by atoms with Gasteiger partial charge >= 0.3 is 6.03 Å². The number of nitrogens with one attached hydrogen (secondary N) is 1. The molecular formula is C30H38ClN3OS. The molecule has 2 amide bonds. The van der Waals surface area contributed by atoms with Crippen LogP contribution in [0.3, 0.4) is 0 Å². The lowest BCUT2D eigenvalue weighted by Crippen LogP contribution is -2.40. The molecule has 36 heavy (non-hydrogen) atoms. The van der Waals surface area contributed by atoms with Gasteiger partial charge in [-0.05, 0) is 84.0 Å². The normalized spacial score (nSPS) is 14.7. The van der Waals surface area contributed by atoms with Crippen LogP contribution in [0.5, 0.6) is 0 Å². The van der Waals surface area contributed by atoms with Gasteiger partial charge in [0, 0.05) is 16.4 Å². The zero-order valence-corrected chi connectivity index (χ0v) is 23.5. The Morgan fingerprint density at radius 2 is 1.75 bits per heavy atom. The van der Waals surface area contributed by atoms with E-state index in [1.807, 2.05) is 11.8 Å². The van der Waals surface area contributed by atoms with Crippen LogP contribution in [-0.2, 0) is 19.3 Å². The van der Waals surface area contributed by atoms with E-state index in [9.17, 15) is 4.79 Å². The molecule has 1 atom stereocenters. The number of nitrogens with zero attached hydrogens (tertiary/aromatic N) is 1.